The van der Waals surface area contributed by atoms with Crippen LogP contribution in [0.3, 0.4) is 0 Å². The number of anilines is 1. The normalized spacial score (nSPS) is 11.3. The summed E-state index contributed by atoms with van der Waals surface area (Å²) >= 11 is 0. The summed E-state index contributed by atoms with van der Waals surface area (Å²) in [5.74, 6) is 1.27. The van der Waals surface area contributed by atoms with Gasteiger partial charge in [0.05, 0.1) is 22.9 Å². The van der Waals surface area contributed by atoms with Crippen LogP contribution < -0.4 is 5.32 Å². The number of rotatable bonds is 10. The van der Waals surface area contributed by atoms with Gasteiger partial charge >= 0.3 is 0 Å². The number of para-hydroxylation sites is 2. The number of imidazole rings is 1. The number of Topliss-reactive ketones (excluding diaryl/α,β-unsaturated/α-hetero) is 2. The molecular formula is C35H31N5O2. The number of fused-ring (bicyclic) bond motifs is 3. The molecule has 0 saturated carbocycles. The summed E-state index contributed by atoms with van der Waals surface area (Å²) in [4.78, 5) is 39.4. The van der Waals surface area contributed by atoms with Crippen LogP contribution in [0.25, 0.3) is 27.9 Å². The molecule has 0 unspecified atom stereocenters. The van der Waals surface area contributed by atoms with Crippen LogP contribution in [0.2, 0.25) is 0 Å². The molecule has 6 rings (SSSR count). The average Bonchev–Trinajstić information content (AvgIpc) is 3.46. The molecule has 7 nitrogen and oxygen atoms in total. The molecule has 3 aromatic heterocycles. The first-order valence-electron chi connectivity index (χ1n) is 14.1. The molecule has 1 N–H and O–H groups in total. The second-order valence-corrected chi connectivity index (χ2v) is 10.9. The van der Waals surface area contributed by atoms with E-state index in [0.29, 0.717) is 17.0 Å². The van der Waals surface area contributed by atoms with E-state index in [4.69, 9.17) is 9.97 Å². The summed E-state index contributed by atoms with van der Waals surface area (Å²) in [6.07, 6.45) is 5.63. The van der Waals surface area contributed by atoms with Crippen molar-refractivity contribution in [1.82, 2.24) is 19.4 Å². The molecule has 0 amide bonds. The zero-order valence-electron chi connectivity index (χ0n) is 23.6. The van der Waals surface area contributed by atoms with Crippen molar-refractivity contribution in [2.24, 2.45) is 5.92 Å². The second-order valence-electron chi connectivity index (χ2n) is 10.9. The summed E-state index contributed by atoms with van der Waals surface area (Å²) in [6.45, 7) is 5.11. The zero-order valence-corrected chi connectivity index (χ0v) is 23.6. The van der Waals surface area contributed by atoms with Crippen molar-refractivity contribution >= 4 is 34.1 Å². The Kier molecular flexibility index (Phi) is 7.56. The average molecular weight is 554 g/mol. The molecule has 7 heteroatoms. The van der Waals surface area contributed by atoms with E-state index in [1.165, 1.54) is 0 Å². The van der Waals surface area contributed by atoms with Crippen molar-refractivity contribution in [2.75, 3.05) is 11.9 Å². The quantitative estimate of drug-likeness (QED) is 0.186. The fourth-order valence-corrected chi connectivity index (χ4v) is 5.09. The van der Waals surface area contributed by atoms with E-state index in [9.17, 15) is 9.59 Å². The van der Waals surface area contributed by atoms with Crippen molar-refractivity contribution in [1.29, 1.82) is 0 Å². The number of carbonyl (C=O) groups excluding carboxylic acids is 2. The second kappa shape index (κ2) is 11.7. The number of hydrogen-bond donors (Lipinski definition) is 1. The molecule has 0 radical (unpaired) electrons. The maximum atomic E-state index is 13.2. The van der Waals surface area contributed by atoms with Gasteiger partial charge < -0.3 is 5.32 Å². The van der Waals surface area contributed by atoms with Crippen LogP contribution in [-0.2, 0) is 12.8 Å². The van der Waals surface area contributed by atoms with E-state index in [0.717, 1.165) is 51.4 Å². The summed E-state index contributed by atoms with van der Waals surface area (Å²) in [7, 11) is 0. The van der Waals surface area contributed by atoms with Crippen molar-refractivity contribution in [3.05, 3.63) is 126 Å². The highest BCUT2D eigenvalue weighted by Gasteiger charge is 2.16. The zero-order chi connectivity index (χ0) is 29.1. The number of nitrogens with zero attached hydrogens (tertiary/aromatic N) is 4. The van der Waals surface area contributed by atoms with Crippen LogP contribution in [0, 0.1) is 5.92 Å². The first kappa shape index (κ1) is 27.0. The largest absolute Gasteiger partial charge is 0.367 e. The Labute approximate surface area is 244 Å². The van der Waals surface area contributed by atoms with E-state index in [1.807, 2.05) is 79.0 Å². The minimum Gasteiger partial charge on any atom is -0.367 e. The Morgan fingerprint density at radius 3 is 2.17 bits per heavy atom. The summed E-state index contributed by atoms with van der Waals surface area (Å²) in [5.41, 5.74) is 7.54. The molecule has 3 heterocycles. The maximum Gasteiger partial charge on any atom is 0.181 e. The summed E-state index contributed by atoms with van der Waals surface area (Å²) in [6, 6.07) is 26.8. The van der Waals surface area contributed by atoms with E-state index in [2.05, 4.69) is 28.5 Å². The van der Waals surface area contributed by atoms with E-state index in [1.54, 1.807) is 24.5 Å². The van der Waals surface area contributed by atoms with Gasteiger partial charge in [-0.25, -0.2) is 9.97 Å². The van der Waals surface area contributed by atoms with Crippen molar-refractivity contribution < 1.29 is 9.59 Å². The van der Waals surface area contributed by atoms with Gasteiger partial charge in [0.1, 0.15) is 0 Å². The SMILES string of the molecule is CC(C)CNc1nc2ccccc2n2c(-c3ccc(C(=O)Cc4cccc(CC(=O)c5ccncc5)c4)cc3)cnc12. The van der Waals surface area contributed by atoms with Gasteiger partial charge in [-0.15, -0.1) is 0 Å². The van der Waals surface area contributed by atoms with Crippen LogP contribution >= 0.6 is 0 Å². The first-order valence-corrected chi connectivity index (χ1v) is 14.1. The topological polar surface area (TPSA) is 89.3 Å². The fraction of sp³-hybridized carbons (Fsp3) is 0.171. The lowest BCUT2D eigenvalue weighted by Gasteiger charge is -2.13. The molecule has 42 heavy (non-hydrogen) atoms. The Bertz CT molecular complexity index is 1890. The monoisotopic (exact) mass is 553 g/mol. The van der Waals surface area contributed by atoms with Crippen molar-refractivity contribution in [3.63, 3.8) is 0 Å². The standard InChI is InChI=1S/C35H31N5O2/c1-23(2)21-37-34-35-38-22-31(40(35)30-9-4-3-8-29(30)39-34)26-10-12-27(13-11-26)32(41)19-24-6-5-7-25(18-24)20-33(42)28-14-16-36-17-15-28/h3-18,22-23H,19-21H2,1-2H3,(H,37,39). The minimum absolute atomic E-state index is 0.0205. The highest BCUT2D eigenvalue weighted by molar-refractivity contribution is 5.99. The number of hydrogen-bond acceptors (Lipinski definition) is 6. The van der Waals surface area contributed by atoms with Gasteiger partial charge in [0, 0.05) is 48.5 Å². The molecule has 0 aliphatic carbocycles. The number of pyridine rings is 1. The number of carbonyl (C=O) groups is 2. The molecule has 0 aliphatic heterocycles. The molecule has 208 valence electrons. The molecule has 0 aliphatic rings. The Hall–Kier alpha value is -5.17. The van der Waals surface area contributed by atoms with Crippen molar-refractivity contribution in [2.45, 2.75) is 26.7 Å². The highest BCUT2D eigenvalue weighted by atomic mass is 16.1. The molecule has 0 saturated heterocycles. The molecule has 0 bridgehead atoms. The Morgan fingerprint density at radius 2 is 1.48 bits per heavy atom. The molecular weight excluding hydrogens is 522 g/mol. The van der Waals surface area contributed by atoms with Crippen LogP contribution in [0.5, 0.6) is 0 Å². The van der Waals surface area contributed by atoms with Gasteiger partial charge in [-0.05, 0) is 41.3 Å². The lowest BCUT2D eigenvalue weighted by atomic mass is 9.98. The van der Waals surface area contributed by atoms with E-state index in [-0.39, 0.29) is 24.4 Å². The first-order chi connectivity index (χ1) is 20.5. The number of aromatic nitrogens is 4. The Balaban J connectivity index is 1.23. The van der Waals surface area contributed by atoms with Gasteiger partial charge in [-0.1, -0.05) is 74.5 Å². The van der Waals surface area contributed by atoms with Crippen LogP contribution in [-0.4, -0.2) is 37.5 Å². The fourth-order valence-electron chi connectivity index (χ4n) is 5.09. The number of ketones is 2. The predicted octanol–water partition coefficient (Wildman–Crippen LogP) is 6.86. The summed E-state index contributed by atoms with van der Waals surface area (Å²) < 4.78 is 2.13. The van der Waals surface area contributed by atoms with Gasteiger partial charge in [0.2, 0.25) is 0 Å². The van der Waals surface area contributed by atoms with E-state index >= 15 is 0 Å². The Morgan fingerprint density at radius 1 is 0.810 bits per heavy atom. The van der Waals surface area contributed by atoms with Crippen LogP contribution in [0.1, 0.15) is 45.7 Å². The predicted molar refractivity (Wildman–Crippen MR) is 166 cm³/mol. The number of nitrogens with one attached hydrogen (secondary N) is 1. The molecule has 0 fully saturated rings. The number of benzene rings is 3. The lowest BCUT2D eigenvalue weighted by Crippen LogP contribution is -2.11. The smallest absolute Gasteiger partial charge is 0.181 e. The lowest BCUT2D eigenvalue weighted by molar-refractivity contribution is 0.0986. The third-order valence-corrected chi connectivity index (χ3v) is 7.23. The van der Waals surface area contributed by atoms with Gasteiger partial charge in [0.25, 0.3) is 0 Å². The van der Waals surface area contributed by atoms with Gasteiger partial charge in [-0.2, -0.15) is 0 Å². The molecule has 0 atom stereocenters. The third kappa shape index (κ3) is 5.67. The maximum absolute atomic E-state index is 13.2. The van der Waals surface area contributed by atoms with Crippen molar-refractivity contribution in [3.8, 4) is 11.3 Å². The van der Waals surface area contributed by atoms with Crippen LogP contribution in [0.4, 0.5) is 5.82 Å². The van der Waals surface area contributed by atoms with E-state index < -0.39 is 0 Å². The minimum atomic E-state index is 0.0205. The molecule has 3 aromatic carbocycles. The van der Waals surface area contributed by atoms with Gasteiger partial charge in [0.15, 0.2) is 23.0 Å². The van der Waals surface area contributed by atoms with Crippen LogP contribution in [0.15, 0.2) is 104 Å². The summed E-state index contributed by atoms with van der Waals surface area (Å²) in [5, 5.41) is 3.45. The van der Waals surface area contributed by atoms with Gasteiger partial charge in [-0.3, -0.25) is 19.0 Å². The molecule has 0 spiro atoms. The highest BCUT2D eigenvalue weighted by Crippen LogP contribution is 2.29. The third-order valence-electron chi connectivity index (χ3n) is 7.23. The molecule has 6 aromatic rings.